The lowest BCUT2D eigenvalue weighted by Crippen LogP contribution is -2.42. The van der Waals surface area contributed by atoms with Crippen molar-refractivity contribution in [2.75, 3.05) is 33.9 Å². The first-order valence-electron chi connectivity index (χ1n) is 6.04. The van der Waals surface area contributed by atoms with Crippen LogP contribution in [0.4, 0.5) is 9.18 Å². The number of methoxy groups -OCH3 is 1. The average Bonchev–Trinajstić information content (AvgIpc) is 2.82. The van der Waals surface area contributed by atoms with Gasteiger partial charge in [0.25, 0.3) is 0 Å². The van der Waals surface area contributed by atoms with Crippen LogP contribution < -0.4 is 5.32 Å². The zero-order chi connectivity index (χ0) is 13.2. The molecule has 1 amide bonds. The second-order valence-corrected chi connectivity index (χ2v) is 4.96. The number of nitrogens with one attached hydrogen (secondary N) is 1. The second kappa shape index (κ2) is 5.24. The molecule has 0 aromatic rings. The maximum absolute atomic E-state index is 12.7. The number of amides is 1. The molecule has 18 heavy (non-hydrogen) atoms. The van der Waals surface area contributed by atoms with Crippen molar-refractivity contribution in [3.63, 3.8) is 0 Å². The number of carbonyl (C=O) groups excluding carboxylic acids is 1. The minimum absolute atomic E-state index is 0.152. The summed E-state index contributed by atoms with van der Waals surface area (Å²) in [5.41, 5.74) is 0.566. The SMILES string of the molecule is CNC(=O)O[C@@H]1CN2C/C(=C/F)C[C@]2(COC)C1. The number of fused-ring (bicyclic) bond motifs is 1. The summed E-state index contributed by atoms with van der Waals surface area (Å²) >= 11 is 0. The molecule has 6 heteroatoms. The van der Waals surface area contributed by atoms with Gasteiger partial charge in [0.1, 0.15) is 6.10 Å². The molecule has 1 N–H and O–H groups in total. The first kappa shape index (κ1) is 13.3. The second-order valence-electron chi connectivity index (χ2n) is 4.96. The van der Waals surface area contributed by atoms with Gasteiger partial charge in [-0.2, -0.15) is 0 Å². The van der Waals surface area contributed by atoms with Crippen molar-refractivity contribution in [3.05, 3.63) is 11.9 Å². The summed E-state index contributed by atoms with van der Waals surface area (Å²) in [4.78, 5) is 13.4. The summed E-state index contributed by atoms with van der Waals surface area (Å²) in [6, 6.07) is 0. The van der Waals surface area contributed by atoms with E-state index >= 15 is 0 Å². The molecule has 0 saturated carbocycles. The summed E-state index contributed by atoms with van der Waals surface area (Å²) in [6.07, 6.45) is 1.44. The molecule has 2 atom stereocenters. The van der Waals surface area contributed by atoms with Gasteiger partial charge in [-0.05, 0) is 12.0 Å². The van der Waals surface area contributed by atoms with Gasteiger partial charge in [-0.3, -0.25) is 4.90 Å². The zero-order valence-corrected chi connectivity index (χ0v) is 10.7. The van der Waals surface area contributed by atoms with E-state index in [0.717, 1.165) is 5.57 Å². The minimum atomic E-state index is -0.421. The Bertz CT molecular complexity index is 361. The summed E-state index contributed by atoms with van der Waals surface area (Å²) in [5.74, 6) is 0. The van der Waals surface area contributed by atoms with Crippen LogP contribution in [-0.4, -0.2) is 56.5 Å². The standard InChI is InChI=1S/C12H19FN2O3/c1-14-11(16)18-10-4-12(8-17-2)3-9(5-13)6-15(12)7-10/h5,10H,3-4,6-8H2,1-2H3,(H,14,16)/b9-5+/t10-,12+/m0/s1. The Morgan fingerprint density at radius 1 is 1.72 bits per heavy atom. The lowest BCUT2D eigenvalue weighted by Gasteiger charge is -2.29. The van der Waals surface area contributed by atoms with Gasteiger partial charge in [-0.25, -0.2) is 9.18 Å². The topological polar surface area (TPSA) is 50.8 Å². The highest BCUT2D eigenvalue weighted by atomic mass is 19.1. The average molecular weight is 258 g/mol. The Balaban J connectivity index is 2.05. The molecule has 102 valence electrons. The van der Waals surface area contributed by atoms with Gasteiger partial charge in [0.05, 0.1) is 18.5 Å². The fourth-order valence-electron chi connectivity index (χ4n) is 3.03. The molecule has 0 spiro atoms. The first-order valence-corrected chi connectivity index (χ1v) is 6.04. The summed E-state index contributed by atoms with van der Waals surface area (Å²) in [6.45, 7) is 1.75. The highest BCUT2D eigenvalue weighted by Gasteiger charge is 2.51. The molecule has 2 heterocycles. The lowest BCUT2D eigenvalue weighted by atomic mass is 9.93. The van der Waals surface area contributed by atoms with Crippen molar-refractivity contribution in [2.24, 2.45) is 0 Å². The highest BCUT2D eigenvalue weighted by molar-refractivity contribution is 5.66. The van der Waals surface area contributed by atoms with Gasteiger partial charge in [0.15, 0.2) is 0 Å². The van der Waals surface area contributed by atoms with Gasteiger partial charge in [-0.15, -0.1) is 0 Å². The van der Waals surface area contributed by atoms with Crippen LogP contribution in [0.2, 0.25) is 0 Å². The molecule has 5 nitrogen and oxygen atoms in total. The molecule has 0 radical (unpaired) electrons. The molecule has 2 saturated heterocycles. The summed E-state index contributed by atoms with van der Waals surface area (Å²) < 4.78 is 23.2. The number of hydrogen-bond donors (Lipinski definition) is 1. The van der Waals surface area contributed by atoms with Crippen LogP contribution in [0.15, 0.2) is 11.9 Å². The fourth-order valence-corrected chi connectivity index (χ4v) is 3.03. The van der Waals surface area contributed by atoms with Gasteiger partial charge in [-0.1, -0.05) is 0 Å². The highest BCUT2D eigenvalue weighted by Crippen LogP contribution is 2.42. The number of rotatable bonds is 3. The Kier molecular flexibility index (Phi) is 3.87. The van der Waals surface area contributed by atoms with E-state index in [2.05, 4.69) is 10.2 Å². The first-order chi connectivity index (χ1) is 8.63. The van der Waals surface area contributed by atoms with E-state index in [1.807, 2.05) is 0 Å². The van der Waals surface area contributed by atoms with Gasteiger partial charge in [0, 0.05) is 33.7 Å². The van der Waals surface area contributed by atoms with Crippen LogP contribution in [0.25, 0.3) is 0 Å². The van der Waals surface area contributed by atoms with Gasteiger partial charge in [0.2, 0.25) is 0 Å². The van der Waals surface area contributed by atoms with Crippen molar-refractivity contribution >= 4 is 6.09 Å². The van der Waals surface area contributed by atoms with E-state index in [-0.39, 0.29) is 11.6 Å². The number of ether oxygens (including phenoxy) is 2. The molecule has 0 aromatic heterocycles. The molecule has 0 aliphatic carbocycles. The molecule has 0 aromatic carbocycles. The predicted octanol–water partition coefficient (Wildman–Crippen LogP) is 1.06. The van der Waals surface area contributed by atoms with Crippen LogP contribution in [0, 0.1) is 0 Å². The molecule has 0 bridgehead atoms. The number of carbonyl (C=O) groups is 1. The Hall–Kier alpha value is -1.14. The Labute approximate surface area is 106 Å². The molecule has 2 aliphatic heterocycles. The van der Waals surface area contributed by atoms with E-state index in [9.17, 15) is 9.18 Å². The molecule has 2 fully saturated rings. The summed E-state index contributed by atoms with van der Waals surface area (Å²) in [5, 5.41) is 2.44. The molecule has 0 unspecified atom stereocenters. The monoisotopic (exact) mass is 258 g/mol. The minimum Gasteiger partial charge on any atom is -0.445 e. The summed E-state index contributed by atoms with van der Waals surface area (Å²) in [7, 11) is 3.17. The normalized spacial score (nSPS) is 33.7. The van der Waals surface area contributed by atoms with Gasteiger partial charge < -0.3 is 14.8 Å². The number of hydrogen-bond acceptors (Lipinski definition) is 4. The third-order valence-electron chi connectivity index (χ3n) is 3.70. The quantitative estimate of drug-likeness (QED) is 0.822. The van der Waals surface area contributed by atoms with Crippen LogP contribution in [0.1, 0.15) is 12.8 Å². The van der Waals surface area contributed by atoms with Crippen molar-refractivity contribution in [3.8, 4) is 0 Å². The fraction of sp³-hybridized carbons (Fsp3) is 0.750. The predicted molar refractivity (Wildman–Crippen MR) is 63.9 cm³/mol. The number of nitrogens with zero attached hydrogens (tertiary/aromatic N) is 1. The number of alkyl carbamates (subject to hydrolysis) is 1. The molecular formula is C12H19FN2O3. The molecular weight excluding hydrogens is 239 g/mol. The van der Waals surface area contributed by atoms with Crippen LogP contribution >= 0.6 is 0 Å². The van der Waals surface area contributed by atoms with Crippen molar-refractivity contribution < 1.29 is 18.7 Å². The van der Waals surface area contributed by atoms with Crippen molar-refractivity contribution in [1.82, 2.24) is 10.2 Å². The Morgan fingerprint density at radius 2 is 2.50 bits per heavy atom. The zero-order valence-electron chi connectivity index (χ0n) is 10.7. The van der Waals surface area contributed by atoms with E-state index < -0.39 is 6.09 Å². The third-order valence-corrected chi connectivity index (χ3v) is 3.70. The van der Waals surface area contributed by atoms with E-state index in [4.69, 9.17) is 9.47 Å². The van der Waals surface area contributed by atoms with E-state index in [0.29, 0.717) is 38.9 Å². The van der Waals surface area contributed by atoms with Crippen molar-refractivity contribution in [1.29, 1.82) is 0 Å². The number of halogens is 1. The maximum Gasteiger partial charge on any atom is 0.407 e. The van der Waals surface area contributed by atoms with Gasteiger partial charge >= 0.3 is 6.09 Å². The van der Waals surface area contributed by atoms with Crippen molar-refractivity contribution in [2.45, 2.75) is 24.5 Å². The lowest BCUT2D eigenvalue weighted by molar-refractivity contribution is 0.0639. The maximum atomic E-state index is 12.7. The van der Waals surface area contributed by atoms with Crippen LogP contribution in [0.5, 0.6) is 0 Å². The van der Waals surface area contributed by atoms with Crippen LogP contribution in [0.3, 0.4) is 0 Å². The van der Waals surface area contributed by atoms with Crippen LogP contribution in [-0.2, 0) is 9.47 Å². The largest absolute Gasteiger partial charge is 0.445 e. The molecule has 2 rings (SSSR count). The molecule has 2 aliphatic rings. The third kappa shape index (κ3) is 2.35. The Morgan fingerprint density at radius 3 is 3.11 bits per heavy atom. The van der Waals surface area contributed by atoms with E-state index in [1.165, 1.54) is 7.05 Å². The smallest absolute Gasteiger partial charge is 0.407 e. The van der Waals surface area contributed by atoms with E-state index in [1.54, 1.807) is 7.11 Å².